The third-order valence-corrected chi connectivity index (χ3v) is 9.57. The Kier molecular flexibility index (Phi) is 4.38. The molecule has 1 aliphatic rings. The third kappa shape index (κ3) is 3.10. The molecule has 0 N–H and O–H groups in total. The van der Waals surface area contributed by atoms with Gasteiger partial charge < -0.3 is 0 Å². The molecule has 0 amide bonds. The van der Waals surface area contributed by atoms with Gasteiger partial charge in [-0.15, -0.1) is 11.3 Å². The molecule has 2 heterocycles. The molecule has 1 saturated heterocycles. The monoisotopic (exact) mass is 439 g/mol. The van der Waals surface area contributed by atoms with Crippen molar-refractivity contribution >= 4 is 47.1 Å². The van der Waals surface area contributed by atoms with Gasteiger partial charge in [0.2, 0.25) is 0 Å². The Balaban J connectivity index is 1.77. The van der Waals surface area contributed by atoms with E-state index >= 15 is 0 Å². The Labute approximate surface area is 145 Å². The van der Waals surface area contributed by atoms with Crippen LogP contribution in [0.4, 0.5) is 4.39 Å². The molecule has 0 radical (unpaired) electrons. The molecule has 2 aromatic rings. The number of hydrogen-bond acceptors (Lipinski definition) is 5. The number of thiophene rings is 1. The van der Waals surface area contributed by atoms with Crippen LogP contribution in [-0.2, 0) is 19.9 Å². The van der Waals surface area contributed by atoms with Crippen molar-refractivity contribution in [3.05, 3.63) is 46.0 Å². The van der Waals surface area contributed by atoms with Crippen LogP contribution in [-0.4, -0.2) is 39.5 Å². The summed E-state index contributed by atoms with van der Waals surface area (Å²) in [6, 6.07) is 7.64. The van der Waals surface area contributed by atoms with Crippen LogP contribution < -0.4 is 0 Å². The number of benzene rings is 1. The first-order chi connectivity index (χ1) is 10.7. The predicted octanol–water partition coefficient (Wildman–Crippen LogP) is 2.50. The zero-order valence-electron chi connectivity index (χ0n) is 11.5. The molecule has 0 bridgehead atoms. The van der Waals surface area contributed by atoms with Crippen LogP contribution in [0.25, 0.3) is 0 Å². The average molecular weight is 440 g/mol. The predicted molar refractivity (Wildman–Crippen MR) is 88.2 cm³/mol. The van der Waals surface area contributed by atoms with Crippen molar-refractivity contribution in [3.63, 3.8) is 0 Å². The van der Waals surface area contributed by atoms with E-state index < -0.39 is 30.9 Å². The minimum Gasteiger partial charge on any atom is -0.223 e. The lowest BCUT2D eigenvalue weighted by molar-refractivity contribution is 0.310. The molecule has 1 aliphatic heterocycles. The summed E-state index contributed by atoms with van der Waals surface area (Å²) in [6.45, 7) is -0.199. The van der Waals surface area contributed by atoms with Gasteiger partial charge in [0.05, 0.1) is 13.9 Å². The summed E-state index contributed by atoms with van der Waals surface area (Å²) >= 11 is 4.28. The highest BCUT2D eigenvalue weighted by Gasteiger charge is 2.44. The highest BCUT2D eigenvalue weighted by atomic mass is 79.9. The van der Waals surface area contributed by atoms with E-state index in [1.807, 2.05) is 0 Å². The summed E-state index contributed by atoms with van der Waals surface area (Å²) in [7, 11) is -7.33. The molecule has 23 heavy (non-hydrogen) atoms. The molecule has 1 aromatic heterocycles. The third-order valence-electron chi connectivity index (χ3n) is 3.54. The Morgan fingerprint density at radius 3 is 2.17 bits per heavy atom. The van der Waals surface area contributed by atoms with Crippen LogP contribution in [0.3, 0.4) is 0 Å². The van der Waals surface area contributed by atoms with Gasteiger partial charge in [-0.3, -0.25) is 0 Å². The number of sulfone groups is 1. The second kappa shape index (κ2) is 5.92. The SMILES string of the molecule is O=S(=O)(c1ccc(F)cc1)C1CN(S(=O)(=O)c2ccc(Br)s2)C1. The second-order valence-electron chi connectivity index (χ2n) is 5.00. The Morgan fingerprint density at radius 1 is 1.04 bits per heavy atom. The van der Waals surface area contributed by atoms with E-state index in [0.29, 0.717) is 3.79 Å². The van der Waals surface area contributed by atoms with E-state index in [-0.39, 0.29) is 22.2 Å². The zero-order chi connectivity index (χ0) is 16.8. The van der Waals surface area contributed by atoms with Crippen LogP contribution in [0.1, 0.15) is 0 Å². The summed E-state index contributed by atoms with van der Waals surface area (Å²) < 4.78 is 64.4. The van der Waals surface area contributed by atoms with E-state index in [1.165, 1.54) is 18.2 Å². The molecule has 10 heteroatoms. The van der Waals surface area contributed by atoms with Crippen molar-refractivity contribution in [1.29, 1.82) is 0 Å². The molecule has 3 rings (SSSR count). The fourth-order valence-corrected chi connectivity index (χ4v) is 7.71. The first-order valence-corrected chi connectivity index (χ1v) is 11.1. The van der Waals surface area contributed by atoms with Gasteiger partial charge in [0.15, 0.2) is 9.84 Å². The highest BCUT2D eigenvalue weighted by molar-refractivity contribution is 9.11. The van der Waals surface area contributed by atoms with Crippen molar-refractivity contribution < 1.29 is 21.2 Å². The molecular weight excluding hydrogens is 429 g/mol. The van der Waals surface area contributed by atoms with Gasteiger partial charge >= 0.3 is 0 Å². The normalized spacial score (nSPS) is 17.1. The maximum Gasteiger partial charge on any atom is 0.252 e. The summed E-state index contributed by atoms with van der Waals surface area (Å²) in [5, 5.41) is -0.814. The van der Waals surface area contributed by atoms with Crippen molar-refractivity contribution in [2.24, 2.45) is 0 Å². The fraction of sp³-hybridized carbons (Fsp3) is 0.231. The van der Waals surface area contributed by atoms with Crippen molar-refractivity contribution in [1.82, 2.24) is 4.31 Å². The quantitative estimate of drug-likeness (QED) is 0.686. The van der Waals surface area contributed by atoms with Crippen LogP contribution in [0.2, 0.25) is 0 Å². The molecule has 1 fully saturated rings. The number of hydrogen-bond donors (Lipinski definition) is 0. The maximum atomic E-state index is 12.9. The molecular formula is C13H11BrFNO4S3. The Bertz CT molecular complexity index is 932. The van der Waals surface area contributed by atoms with Crippen molar-refractivity contribution in [2.45, 2.75) is 14.4 Å². The highest BCUT2D eigenvalue weighted by Crippen LogP contribution is 2.33. The van der Waals surface area contributed by atoms with Crippen LogP contribution in [0.15, 0.2) is 49.3 Å². The van der Waals surface area contributed by atoms with E-state index in [4.69, 9.17) is 0 Å². The lowest BCUT2D eigenvalue weighted by Crippen LogP contribution is -2.56. The summed E-state index contributed by atoms with van der Waals surface area (Å²) in [6.07, 6.45) is 0. The molecule has 5 nitrogen and oxygen atoms in total. The maximum absolute atomic E-state index is 12.9. The van der Waals surface area contributed by atoms with Gasteiger partial charge in [-0.05, 0) is 52.3 Å². The summed E-state index contributed by atoms with van der Waals surface area (Å²) in [5.74, 6) is -0.523. The lowest BCUT2D eigenvalue weighted by atomic mass is 10.3. The standard InChI is InChI=1S/C13H11BrFNO4S3/c14-12-5-6-13(21-12)23(19,20)16-7-11(8-16)22(17,18)10-3-1-9(15)2-4-10/h1-6,11H,7-8H2. The van der Waals surface area contributed by atoms with Gasteiger partial charge in [0, 0.05) is 13.1 Å². The van der Waals surface area contributed by atoms with Gasteiger partial charge in [-0.25, -0.2) is 21.2 Å². The Hall–Kier alpha value is -0.810. The number of nitrogens with zero attached hydrogens (tertiary/aromatic N) is 1. The van der Waals surface area contributed by atoms with Crippen LogP contribution >= 0.6 is 27.3 Å². The van der Waals surface area contributed by atoms with Crippen LogP contribution in [0, 0.1) is 5.82 Å². The zero-order valence-corrected chi connectivity index (χ0v) is 15.6. The molecule has 0 aliphatic carbocycles. The average Bonchev–Trinajstić information content (AvgIpc) is 2.84. The molecule has 1 aromatic carbocycles. The summed E-state index contributed by atoms with van der Waals surface area (Å²) in [5.41, 5.74) is 0. The van der Waals surface area contributed by atoms with Gasteiger partial charge in [0.1, 0.15) is 10.0 Å². The first kappa shape index (κ1) is 17.0. The van der Waals surface area contributed by atoms with Crippen molar-refractivity contribution in [3.8, 4) is 0 Å². The molecule has 0 atom stereocenters. The Morgan fingerprint density at radius 2 is 1.65 bits per heavy atom. The first-order valence-electron chi connectivity index (χ1n) is 6.46. The number of sulfonamides is 1. The molecule has 0 saturated carbocycles. The van der Waals surface area contributed by atoms with E-state index in [9.17, 15) is 21.2 Å². The van der Waals surface area contributed by atoms with E-state index in [2.05, 4.69) is 15.9 Å². The topological polar surface area (TPSA) is 71.5 Å². The smallest absolute Gasteiger partial charge is 0.223 e. The minimum atomic E-state index is -3.67. The second-order valence-corrected chi connectivity index (χ2v) is 11.9. The summed E-state index contributed by atoms with van der Waals surface area (Å²) in [4.78, 5) is -0.000170. The molecule has 0 spiro atoms. The van der Waals surface area contributed by atoms with Gasteiger partial charge in [-0.2, -0.15) is 4.31 Å². The largest absolute Gasteiger partial charge is 0.252 e. The van der Waals surface area contributed by atoms with E-state index in [0.717, 1.165) is 27.8 Å². The van der Waals surface area contributed by atoms with Gasteiger partial charge in [0.25, 0.3) is 10.0 Å². The molecule has 0 unspecified atom stereocenters. The number of rotatable bonds is 4. The van der Waals surface area contributed by atoms with Crippen LogP contribution in [0.5, 0.6) is 0 Å². The van der Waals surface area contributed by atoms with Crippen molar-refractivity contribution in [2.75, 3.05) is 13.1 Å². The minimum absolute atomic E-state index is 0.000170. The van der Waals surface area contributed by atoms with Gasteiger partial charge in [-0.1, -0.05) is 0 Å². The van der Waals surface area contributed by atoms with E-state index in [1.54, 1.807) is 6.07 Å². The number of halogens is 2. The lowest BCUT2D eigenvalue weighted by Gasteiger charge is -2.37. The molecule has 124 valence electrons. The fourth-order valence-electron chi connectivity index (χ4n) is 2.17.